The highest BCUT2D eigenvalue weighted by Gasteiger charge is 2.26. The second-order valence-corrected chi connectivity index (χ2v) is 5.77. The third-order valence-electron chi connectivity index (χ3n) is 3.80. The highest BCUT2D eigenvalue weighted by Crippen LogP contribution is 2.31. The minimum atomic E-state index is 0.711. The van der Waals surface area contributed by atoms with Crippen LogP contribution < -0.4 is 5.32 Å². The Bertz CT molecular complexity index is 297. The summed E-state index contributed by atoms with van der Waals surface area (Å²) >= 11 is 1.68. The number of hydrogen-bond acceptors (Lipinski definition) is 3. The second kappa shape index (κ2) is 5.78. The quantitative estimate of drug-likeness (QED) is 0.869. The average molecular weight is 238 g/mol. The van der Waals surface area contributed by atoms with Gasteiger partial charge in [0.05, 0.1) is 11.2 Å². The topological polar surface area (TPSA) is 24.9 Å². The summed E-state index contributed by atoms with van der Waals surface area (Å²) in [6.07, 6.45) is 5.42. The van der Waals surface area contributed by atoms with Gasteiger partial charge >= 0.3 is 0 Å². The molecular weight excluding hydrogens is 216 g/mol. The van der Waals surface area contributed by atoms with Crippen LogP contribution in [0, 0.1) is 11.8 Å². The molecule has 0 aliphatic heterocycles. The molecule has 0 bridgehead atoms. The summed E-state index contributed by atoms with van der Waals surface area (Å²) in [6.45, 7) is 5.65. The molecule has 2 nitrogen and oxygen atoms in total. The Hall–Kier alpha value is -0.410. The molecule has 16 heavy (non-hydrogen) atoms. The van der Waals surface area contributed by atoms with Crippen LogP contribution in [0.5, 0.6) is 0 Å². The van der Waals surface area contributed by atoms with Gasteiger partial charge < -0.3 is 5.32 Å². The summed E-state index contributed by atoms with van der Waals surface area (Å²) in [5, 5.41) is 5.83. The van der Waals surface area contributed by atoms with Gasteiger partial charge in [0.2, 0.25) is 0 Å². The smallest absolute Gasteiger partial charge is 0.0795 e. The van der Waals surface area contributed by atoms with E-state index in [1.54, 1.807) is 11.3 Å². The molecule has 2 rings (SSSR count). The molecule has 90 valence electrons. The third-order valence-corrected chi connectivity index (χ3v) is 4.43. The van der Waals surface area contributed by atoms with Crippen LogP contribution in [0.2, 0.25) is 0 Å². The first kappa shape index (κ1) is 12.1. The fourth-order valence-corrected chi connectivity index (χ4v) is 3.34. The van der Waals surface area contributed by atoms with Gasteiger partial charge in [-0.05, 0) is 31.1 Å². The molecule has 1 saturated carbocycles. The number of aromatic nitrogens is 1. The van der Waals surface area contributed by atoms with Crippen molar-refractivity contribution in [1.82, 2.24) is 10.3 Å². The number of nitrogens with one attached hydrogen (secondary N) is 1. The predicted molar refractivity (Wildman–Crippen MR) is 69.5 cm³/mol. The molecular formula is C13H22N2S. The summed E-state index contributed by atoms with van der Waals surface area (Å²) < 4.78 is 0. The summed E-state index contributed by atoms with van der Waals surface area (Å²) in [5.41, 5.74) is 3.11. The zero-order chi connectivity index (χ0) is 11.4. The van der Waals surface area contributed by atoms with E-state index in [0.29, 0.717) is 6.04 Å². The maximum Gasteiger partial charge on any atom is 0.0795 e. The number of nitrogens with zero attached hydrogens (tertiary/aromatic N) is 1. The molecule has 1 heterocycles. The Labute approximate surface area is 102 Å². The molecule has 0 radical (unpaired) electrons. The standard InChI is InChI=1S/C13H22N2S/c1-3-11-6-10(2)4-5-13(11)14-7-12-8-16-9-15-12/h8-11,13-14H,3-7H2,1-2H3. The van der Waals surface area contributed by atoms with Crippen LogP contribution in [0.15, 0.2) is 10.9 Å². The van der Waals surface area contributed by atoms with Crippen molar-refractivity contribution in [3.8, 4) is 0 Å². The lowest BCUT2D eigenvalue weighted by Gasteiger charge is -2.35. The first-order chi connectivity index (χ1) is 7.79. The summed E-state index contributed by atoms with van der Waals surface area (Å²) in [6, 6.07) is 0.711. The van der Waals surface area contributed by atoms with Gasteiger partial charge in [-0.1, -0.05) is 20.3 Å². The van der Waals surface area contributed by atoms with Crippen LogP contribution in [0.4, 0.5) is 0 Å². The van der Waals surface area contributed by atoms with Crippen molar-refractivity contribution < 1.29 is 0 Å². The highest BCUT2D eigenvalue weighted by atomic mass is 32.1. The first-order valence-corrected chi connectivity index (χ1v) is 7.34. The minimum Gasteiger partial charge on any atom is -0.308 e. The van der Waals surface area contributed by atoms with E-state index in [9.17, 15) is 0 Å². The summed E-state index contributed by atoms with van der Waals surface area (Å²) in [4.78, 5) is 4.32. The zero-order valence-corrected chi connectivity index (χ0v) is 11.1. The van der Waals surface area contributed by atoms with E-state index in [4.69, 9.17) is 0 Å². The van der Waals surface area contributed by atoms with Crippen LogP contribution >= 0.6 is 11.3 Å². The van der Waals surface area contributed by atoms with E-state index < -0.39 is 0 Å². The fourth-order valence-electron chi connectivity index (χ4n) is 2.78. The van der Waals surface area contributed by atoms with Crippen LogP contribution in [0.25, 0.3) is 0 Å². The molecule has 1 aromatic heterocycles. The molecule has 3 atom stereocenters. The van der Waals surface area contributed by atoms with Crippen molar-refractivity contribution in [1.29, 1.82) is 0 Å². The number of thiazole rings is 1. The van der Waals surface area contributed by atoms with Crippen LogP contribution in [-0.4, -0.2) is 11.0 Å². The summed E-state index contributed by atoms with van der Waals surface area (Å²) in [7, 11) is 0. The van der Waals surface area contributed by atoms with E-state index in [-0.39, 0.29) is 0 Å². The maximum absolute atomic E-state index is 4.32. The molecule has 1 N–H and O–H groups in total. The van der Waals surface area contributed by atoms with Crippen molar-refractivity contribution in [2.45, 2.75) is 52.1 Å². The average Bonchev–Trinajstić information content (AvgIpc) is 2.80. The van der Waals surface area contributed by atoms with Gasteiger partial charge in [0.25, 0.3) is 0 Å². The Morgan fingerprint density at radius 1 is 1.50 bits per heavy atom. The van der Waals surface area contributed by atoms with Crippen LogP contribution in [-0.2, 0) is 6.54 Å². The van der Waals surface area contributed by atoms with Gasteiger partial charge in [-0.15, -0.1) is 11.3 Å². The van der Waals surface area contributed by atoms with Gasteiger partial charge in [0.15, 0.2) is 0 Å². The Balaban J connectivity index is 1.83. The van der Waals surface area contributed by atoms with Crippen molar-refractivity contribution in [3.63, 3.8) is 0 Å². The van der Waals surface area contributed by atoms with Gasteiger partial charge in [-0.25, -0.2) is 4.98 Å². The monoisotopic (exact) mass is 238 g/mol. The SMILES string of the molecule is CCC1CC(C)CCC1NCc1cscn1. The number of hydrogen-bond donors (Lipinski definition) is 1. The van der Waals surface area contributed by atoms with E-state index >= 15 is 0 Å². The van der Waals surface area contributed by atoms with Crippen molar-refractivity contribution in [2.75, 3.05) is 0 Å². The van der Waals surface area contributed by atoms with Crippen LogP contribution in [0.3, 0.4) is 0 Å². The Morgan fingerprint density at radius 3 is 3.06 bits per heavy atom. The van der Waals surface area contributed by atoms with E-state index in [1.165, 1.54) is 31.4 Å². The minimum absolute atomic E-state index is 0.711. The van der Waals surface area contributed by atoms with E-state index in [2.05, 4.69) is 29.5 Å². The fraction of sp³-hybridized carbons (Fsp3) is 0.769. The molecule has 0 amide bonds. The first-order valence-electron chi connectivity index (χ1n) is 6.40. The summed E-state index contributed by atoms with van der Waals surface area (Å²) in [5.74, 6) is 1.78. The van der Waals surface area contributed by atoms with Gasteiger partial charge in [-0.2, -0.15) is 0 Å². The molecule has 0 aromatic carbocycles. The third kappa shape index (κ3) is 3.05. The molecule has 3 heteroatoms. The van der Waals surface area contributed by atoms with Crippen LogP contribution in [0.1, 0.15) is 45.2 Å². The maximum atomic E-state index is 4.32. The largest absolute Gasteiger partial charge is 0.308 e. The van der Waals surface area contributed by atoms with Crippen molar-refractivity contribution in [3.05, 3.63) is 16.6 Å². The molecule has 0 saturated heterocycles. The lowest BCUT2D eigenvalue weighted by molar-refractivity contribution is 0.206. The molecule has 0 spiro atoms. The Kier molecular flexibility index (Phi) is 4.36. The molecule has 3 unspecified atom stereocenters. The number of rotatable bonds is 4. The van der Waals surface area contributed by atoms with Gasteiger partial charge in [0, 0.05) is 18.0 Å². The van der Waals surface area contributed by atoms with Gasteiger partial charge in [0.1, 0.15) is 0 Å². The molecule has 1 fully saturated rings. The lowest BCUT2D eigenvalue weighted by Crippen LogP contribution is -2.39. The molecule has 1 aromatic rings. The lowest BCUT2D eigenvalue weighted by atomic mass is 9.77. The van der Waals surface area contributed by atoms with Crippen molar-refractivity contribution >= 4 is 11.3 Å². The van der Waals surface area contributed by atoms with E-state index in [0.717, 1.165) is 18.4 Å². The zero-order valence-electron chi connectivity index (χ0n) is 10.3. The highest BCUT2D eigenvalue weighted by molar-refractivity contribution is 7.07. The molecule has 1 aliphatic carbocycles. The van der Waals surface area contributed by atoms with E-state index in [1.807, 2.05) is 5.51 Å². The molecule has 1 aliphatic rings. The predicted octanol–water partition coefficient (Wildman–Crippen LogP) is 3.45. The normalized spacial score (nSPS) is 30.5. The second-order valence-electron chi connectivity index (χ2n) is 5.05. The van der Waals surface area contributed by atoms with Crippen molar-refractivity contribution in [2.24, 2.45) is 11.8 Å². The Morgan fingerprint density at radius 2 is 2.38 bits per heavy atom. The van der Waals surface area contributed by atoms with Gasteiger partial charge in [-0.3, -0.25) is 0 Å².